The molecule has 1 heterocycles. The number of nitrogens with one attached hydrogen (secondary N) is 2. The summed E-state index contributed by atoms with van der Waals surface area (Å²) >= 11 is 0. The number of amides is 1. The highest BCUT2D eigenvalue weighted by Crippen LogP contribution is 2.30. The van der Waals surface area contributed by atoms with Gasteiger partial charge in [0.1, 0.15) is 0 Å². The second-order valence-corrected chi connectivity index (χ2v) is 5.12. The topological polar surface area (TPSA) is 61.4 Å². The summed E-state index contributed by atoms with van der Waals surface area (Å²) in [5, 5.41) is 15.9. The highest BCUT2D eigenvalue weighted by molar-refractivity contribution is 5.86. The van der Waals surface area contributed by atoms with Crippen molar-refractivity contribution in [1.82, 2.24) is 10.6 Å². The first-order chi connectivity index (χ1) is 7.04. The van der Waals surface area contributed by atoms with Gasteiger partial charge in [-0.25, -0.2) is 0 Å². The van der Waals surface area contributed by atoms with E-state index in [0.29, 0.717) is 6.54 Å². The Labute approximate surface area is 90.4 Å². The van der Waals surface area contributed by atoms with Crippen molar-refractivity contribution in [1.29, 1.82) is 0 Å². The van der Waals surface area contributed by atoms with Gasteiger partial charge in [-0.05, 0) is 45.6 Å². The predicted octanol–water partition coefficient (Wildman–Crippen LogP) is 0.160. The highest BCUT2D eigenvalue weighted by Gasteiger charge is 2.39. The summed E-state index contributed by atoms with van der Waals surface area (Å²) in [6.45, 7) is 3.25. The molecule has 2 aliphatic rings. The summed E-state index contributed by atoms with van der Waals surface area (Å²) in [6.07, 6.45) is 4.64. The van der Waals surface area contributed by atoms with E-state index < -0.39 is 11.1 Å². The van der Waals surface area contributed by atoms with Crippen molar-refractivity contribution in [2.45, 2.75) is 50.2 Å². The van der Waals surface area contributed by atoms with Crippen molar-refractivity contribution in [3.63, 3.8) is 0 Å². The van der Waals surface area contributed by atoms with E-state index in [9.17, 15) is 9.90 Å². The Morgan fingerprint density at radius 1 is 1.40 bits per heavy atom. The van der Waals surface area contributed by atoms with Crippen molar-refractivity contribution in [2.75, 3.05) is 13.1 Å². The lowest BCUT2D eigenvalue weighted by molar-refractivity contribution is -0.128. The second-order valence-electron chi connectivity index (χ2n) is 5.12. The summed E-state index contributed by atoms with van der Waals surface area (Å²) in [5.41, 5.74) is -1.04. The molecule has 1 unspecified atom stereocenters. The van der Waals surface area contributed by atoms with E-state index in [1.807, 2.05) is 6.92 Å². The molecule has 1 aliphatic heterocycles. The van der Waals surface area contributed by atoms with Gasteiger partial charge in [-0.1, -0.05) is 0 Å². The number of carbonyl (C=O) groups is 1. The standard InChI is InChI=1S/C11H20N2O2/c1-10(4-3-7-13-10)9(14)12-8-11(15)5-2-6-11/h13,15H,2-8H2,1H3,(H,12,14). The minimum atomic E-state index is -0.620. The Hall–Kier alpha value is -0.610. The molecule has 0 aromatic carbocycles. The molecule has 1 amide bonds. The van der Waals surface area contributed by atoms with Crippen LogP contribution >= 0.6 is 0 Å². The molecule has 15 heavy (non-hydrogen) atoms. The fraction of sp³-hybridized carbons (Fsp3) is 0.909. The fourth-order valence-electron chi connectivity index (χ4n) is 2.29. The number of rotatable bonds is 3. The number of carbonyl (C=O) groups excluding carboxylic acids is 1. The molecule has 1 atom stereocenters. The maximum Gasteiger partial charge on any atom is 0.240 e. The van der Waals surface area contributed by atoms with Crippen molar-refractivity contribution < 1.29 is 9.90 Å². The van der Waals surface area contributed by atoms with Crippen LogP contribution < -0.4 is 10.6 Å². The van der Waals surface area contributed by atoms with E-state index in [1.54, 1.807) is 0 Å². The van der Waals surface area contributed by atoms with Crippen molar-refractivity contribution >= 4 is 5.91 Å². The van der Waals surface area contributed by atoms with Gasteiger partial charge in [0.2, 0.25) is 5.91 Å². The van der Waals surface area contributed by atoms with Crippen LogP contribution in [0.1, 0.15) is 39.0 Å². The highest BCUT2D eigenvalue weighted by atomic mass is 16.3. The lowest BCUT2D eigenvalue weighted by atomic mass is 9.80. The smallest absolute Gasteiger partial charge is 0.240 e. The van der Waals surface area contributed by atoms with Crippen LogP contribution in [-0.2, 0) is 4.79 Å². The zero-order valence-electron chi connectivity index (χ0n) is 9.31. The molecule has 86 valence electrons. The van der Waals surface area contributed by atoms with E-state index in [1.165, 1.54) is 0 Å². The SMILES string of the molecule is CC1(C(=O)NCC2(O)CCC2)CCCN1. The Kier molecular flexibility index (Phi) is 2.73. The van der Waals surface area contributed by atoms with Crippen LogP contribution in [0.15, 0.2) is 0 Å². The molecule has 1 saturated carbocycles. The molecular formula is C11H20N2O2. The average Bonchev–Trinajstić information content (AvgIpc) is 2.60. The molecule has 2 fully saturated rings. The maximum atomic E-state index is 11.9. The number of hydrogen-bond acceptors (Lipinski definition) is 3. The zero-order chi connectivity index (χ0) is 10.9. The van der Waals surface area contributed by atoms with Gasteiger partial charge in [-0.15, -0.1) is 0 Å². The van der Waals surface area contributed by atoms with E-state index >= 15 is 0 Å². The van der Waals surface area contributed by atoms with Crippen LogP contribution in [0, 0.1) is 0 Å². The third-order valence-corrected chi connectivity index (χ3v) is 3.73. The van der Waals surface area contributed by atoms with Gasteiger partial charge >= 0.3 is 0 Å². The van der Waals surface area contributed by atoms with Gasteiger partial charge in [0, 0.05) is 6.54 Å². The van der Waals surface area contributed by atoms with Crippen LogP contribution in [0.3, 0.4) is 0 Å². The van der Waals surface area contributed by atoms with Gasteiger partial charge in [-0.3, -0.25) is 4.79 Å². The van der Waals surface area contributed by atoms with Gasteiger partial charge in [0.15, 0.2) is 0 Å². The molecule has 0 aromatic rings. The summed E-state index contributed by atoms with van der Waals surface area (Å²) in [5.74, 6) is 0.0281. The summed E-state index contributed by atoms with van der Waals surface area (Å²) in [7, 11) is 0. The van der Waals surface area contributed by atoms with Gasteiger partial charge in [-0.2, -0.15) is 0 Å². The lowest BCUT2D eigenvalue weighted by Crippen LogP contribution is -2.56. The molecule has 3 N–H and O–H groups in total. The van der Waals surface area contributed by atoms with Crippen molar-refractivity contribution in [3.05, 3.63) is 0 Å². The Morgan fingerprint density at radius 3 is 2.60 bits per heavy atom. The molecule has 1 aliphatic carbocycles. The Bertz CT molecular complexity index is 255. The molecular weight excluding hydrogens is 192 g/mol. The Morgan fingerprint density at radius 2 is 2.13 bits per heavy atom. The lowest BCUT2D eigenvalue weighted by Gasteiger charge is -2.37. The Balaban J connectivity index is 1.81. The molecule has 2 rings (SSSR count). The van der Waals surface area contributed by atoms with Gasteiger partial charge < -0.3 is 15.7 Å². The first-order valence-corrected chi connectivity index (χ1v) is 5.80. The molecule has 1 saturated heterocycles. The van der Waals surface area contributed by atoms with E-state index in [0.717, 1.165) is 38.6 Å². The molecule has 0 bridgehead atoms. The number of hydrogen-bond donors (Lipinski definition) is 3. The predicted molar refractivity (Wildman–Crippen MR) is 57.5 cm³/mol. The third-order valence-electron chi connectivity index (χ3n) is 3.73. The van der Waals surface area contributed by atoms with Crippen molar-refractivity contribution in [2.24, 2.45) is 0 Å². The zero-order valence-corrected chi connectivity index (χ0v) is 9.31. The monoisotopic (exact) mass is 212 g/mol. The molecule has 0 radical (unpaired) electrons. The maximum absolute atomic E-state index is 11.9. The van der Waals surface area contributed by atoms with Crippen molar-refractivity contribution in [3.8, 4) is 0 Å². The van der Waals surface area contributed by atoms with Crippen LogP contribution in [-0.4, -0.2) is 35.2 Å². The summed E-state index contributed by atoms with van der Waals surface area (Å²) in [6, 6.07) is 0. The normalized spacial score (nSPS) is 33.5. The van der Waals surface area contributed by atoms with E-state index in [2.05, 4.69) is 10.6 Å². The van der Waals surface area contributed by atoms with E-state index in [-0.39, 0.29) is 5.91 Å². The van der Waals surface area contributed by atoms with Crippen LogP contribution in [0.4, 0.5) is 0 Å². The minimum absolute atomic E-state index is 0.0281. The van der Waals surface area contributed by atoms with Crippen LogP contribution in [0.25, 0.3) is 0 Å². The molecule has 4 heteroatoms. The average molecular weight is 212 g/mol. The minimum Gasteiger partial charge on any atom is -0.388 e. The largest absolute Gasteiger partial charge is 0.388 e. The third kappa shape index (κ3) is 2.16. The quantitative estimate of drug-likeness (QED) is 0.624. The van der Waals surface area contributed by atoms with Crippen LogP contribution in [0.5, 0.6) is 0 Å². The fourth-order valence-corrected chi connectivity index (χ4v) is 2.29. The summed E-state index contributed by atoms with van der Waals surface area (Å²) in [4.78, 5) is 11.9. The van der Waals surface area contributed by atoms with E-state index in [4.69, 9.17) is 0 Å². The van der Waals surface area contributed by atoms with Crippen LogP contribution in [0.2, 0.25) is 0 Å². The number of aliphatic hydroxyl groups is 1. The first kappa shape index (κ1) is 10.9. The summed E-state index contributed by atoms with van der Waals surface area (Å²) < 4.78 is 0. The van der Waals surface area contributed by atoms with Gasteiger partial charge in [0.05, 0.1) is 11.1 Å². The second kappa shape index (κ2) is 3.76. The molecule has 4 nitrogen and oxygen atoms in total. The first-order valence-electron chi connectivity index (χ1n) is 5.80. The van der Waals surface area contributed by atoms with Gasteiger partial charge in [0.25, 0.3) is 0 Å². The molecule has 0 spiro atoms. The molecule has 0 aromatic heterocycles.